The molecule has 1 heterocycles. The Morgan fingerprint density at radius 1 is 1.05 bits per heavy atom. The van der Waals surface area contributed by atoms with E-state index in [2.05, 4.69) is 11.8 Å². The van der Waals surface area contributed by atoms with Crippen LogP contribution >= 0.6 is 0 Å². The van der Waals surface area contributed by atoms with Crippen molar-refractivity contribution in [2.75, 3.05) is 26.7 Å². The van der Waals surface area contributed by atoms with Crippen LogP contribution in [0.1, 0.15) is 45.7 Å². The second-order valence-electron chi connectivity index (χ2n) is 10.2. The first-order chi connectivity index (χ1) is 18.3. The van der Waals surface area contributed by atoms with Gasteiger partial charge in [-0.25, -0.2) is 4.79 Å². The molecule has 4 rings (SSSR count). The van der Waals surface area contributed by atoms with Crippen molar-refractivity contribution in [3.8, 4) is 11.1 Å². The Morgan fingerprint density at radius 2 is 1.74 bits per heavy atom. The third-order valence-electron chi connectivity index (χ3n) is 7.21. The van der Waals surface area contributed by atoms with Gasteiger partial charge in [0.25, 0.3) is 5.91 Å². The number of rotatable bonds is 7. The molecular weight excluding hydrogens is 480 g/mol. The minimum absolute atomic E-state index is 0.0295. The number of aromatic carboxylic acids is 1. The van der Waals surface area contributed by atoms with Crippen LogP contribution in [0.4, 0.5) is 0 Å². The van der Waals surface area contributed by atoms with Crippen LogP contribution in [-0.4, -0.2) is 70.8 Å². The standard InChI is InChI=1S/C31H36N2O5/c1-21-16-33(22(2)19-34)30(35)28-14-7-6-13-27(28)26-12-5-4-10-25(26)20-38-29(21)18-32(3)17-23-9-8-11-24(15-23)31(36)37/h4-15,21-22,29,34H,16-20H2,1-3H3,(H,36,37)/t21-,22-,29+/m0/s1. The summed E-state index contributed by atoms with van der Waals surface area (Å²) in [6.45, 7) is 5.77. The third kappa shape index (κ3) is 6.30. The van der Waals surface area contributed by atoms with Crippen LogP contribution in [0.3, 0.4) is 0 Å². The molecule has 3 aromatic carbocycles. The van der Waals surface area contributed by atoms with Gasteiger partial charge in [0.2, 0.25) is 0 Å². The minimum Gasteiger partial charge on any atom is -0.478 e. The molecule has 38 heavy (non-hydrogen) atoms. The number of hydrogen-bond acceptors (Lipinski definition) is 5. The van der Waals surface area contributed by atoms with E-state index in [-0.39, 0.29) is 36.1 Å². The number of benzene rings is 3. The molecule has 7 nitrogen and oxygen atoms in total. The summed E-state index contributed by atoms with van der Waals surface area (Å²) in [4.78, 5) is 29.2. The number of carboxylic acids is 1. The number of likely N-dealkylation sites (N-methyl/N-ethyl adjacent to an activating group) is 1. The van der Waals surface area contributed by atoms with Crippen LogP contribution in [0.2, 0.25) is 0 Å². The van der Waals surface area contributed by atoms with Gasteiger partial charge in [-0.1, -0.05) is 61.5 Å². The van der Waals surface area contributed by atoms with Gasteiger partial charge in [-0.3, -0.25) is 9.69 Å². The van der Waals surface area contributed by atoms with E-state index in [1.165, 1.54) is 0 Å². The molecule has 0 spiro atoms. The van der Waals surface area contributed by atoms with Crippen molar-refractivity contribution in [1.29, 1.82) is 0 Å². The highest BCUT2D eigenvalue weighted by Crippen LogP contribution is 2.31. The monoisotopic (exact) mass is 516 g/mol. The van der Waals surface area contributed by atoms with Crippen molar-refractivity contribution in [1.82, 2.24) is 9.80 Å². The summed E-state index contributed by atoms with van der Waals surface area (Å²) < 4.78 is 6.56. The predicted molar refractivity (Wildman–Crippen MR) is 147 cm³/mol. The molecule has 1 aliphatic rings. The molecule has 0 fully saturated rings. The molecular formula is C31H36N2O5. The first-order valence-electron chi connectivity index (χ1n) is 13.0. The van der Waals surface area contributed by atoms with Gasteiger partial charge in [0.15, 0.2) is 0 Å². The lowest BCUT2D eigenvalue weighted by Gasteiger charge is -2.35. The van der Waals surface area contributed by atoms with E-state index in [1.54, 1.807) is 23.1 Å². The number of carbonyl (C=O) groups excluding carboxylic acids is 1. The highest BCUT2D eigenvalue weighted by molar-refractivity contribution is 6.01. The van der Waals surface area contributed by atoms with Crippen LogP contribution in [-0.2, 0) is 17.9 Å². The van der Waals surface area contributed by atoms with Crippen molar-refractivity contribution >= 4 is 11.9 Å². The largest absolute Gasteiger partial charge is 0.478 e. The molecule has 1 aliphatic heterocycles. The van der Waals surface area contributed by atoms with Crippen molar-refractivity contribution < 1.29 is 24.5 Å². The van der Waals surface area contributed by atoms with E-state index in [0.717, 1.165) is 22.3 Å². The Labute approximate surface area is 224 Å². The minimum atomic E-state index is -0.947. The number of aliphatic hydroxyl groups excluding tert-OH is 1. The Kier molecular flexibility index (Phi) is 8.94. The number of carbonyl (C=O) groups is 2. The van der Waals surface area contributed by atoms with Gasteiger partial charge < -0.3 is 19.8 Å². The lowest BCUT2D eigenvalue weighted by Crippen LogP contribution is -2.47. The maximum Gasteiger partial charge on any atom is 0.335 e. The fourth-order valence-corrected chi connectivity index (χ4v) is 5.04. The van der Waals surface area contributed by atoms with Crippen molar-refractivity contribution in [2.24, 2.45) is 5.92 Å². The van der Waals surface area contributed by atoms with Crippen LogP contribution in [0.25, 0.3) is 11.1 Å². The molecule has 0 radical (unpaired) electrons. The highest BCUT2D eigenvalue weighted by atomic mass is 16.5. The smallest absolute Gasteiger partial charge is 0.335 e. The lowest BCUT2D eigenvalue weighted by atomic mass is 9.94. The van der Waals surface area contributed by atoms with Gasteiger partial charge in [0, 0.05) is 31.1 Å². The highest BCUT2D eigenvalue weighted by Gasteiger charge is 2.30. The van der Waals surface area contributed by atoms with E-state index in [9.17, 15) is 19.8 Å². The number of aliphatic hydroxyl groups is 1. The first kappa shape index (κ1) is 27.5. The summed E-state index contributed by atoms with van der Waals surface area (Å²) in [7, 11) is 1.98. The summed E-state index contributed by atoms with van der Waals surface area (Å²) in [5.41, 5.74) is 4.60. The molecule has 7 heteroatoms. The third-order valence-corrected chi connectivity index (χ3v) is 7.21. The summed E-state index contributed by atoms with van der Waals surface area (Å²) in [5.74, 6) is -1.08. The fraction of sp³-hybridized carbons (Fsp3) is 0.355. The number of carboxylic acid groups (broad SMARTS) is 1. The van der Waals surface area contributed by atoms with E-state index in [1.807, 2.05) is 68.6 Å². The normalized spacial score (nSPS) is 18.9. The summed E-state index contributed by atoms with van der Waals surface area (Å²) in [6.07, 6.45) is -0.210. The maximum absolute atomic E-state index is 13.9. The molecule has 2 N–H and O–H groups in total. The molecule has 1 amide bonds. The maximum atomic E-state index is 13.9. The SMILES string of the molecule is C[C@H]1CN([C@@H](C)CO)C(=O)c2ccccc2-c2ccccc2CO[C@@H]1CN(C)Cc1cccc(C(=O)O)c1. The summed E-state index contributed by atoms with van der Waals surface area (Å²) in [6, 6.07) is 22.2. The Bertz CT molecular complexity index is 1280. The fourth-order valence-electron chi connectivity index (χ4n) is 5.04. The Hall–Kier alpha value is -3.52. The van der Waals surface area contributed by atoms with Crippen LogP contribution in [0, 0.1) is 5.92 Å². The second kappa shape index (κ2) is 12.3. The molecule has 0 saturated carbocycles. The number of fused-ring (bicyclic) bond motifs is 3. The van der Waals surface area contributed by atoms with Crippen LogP contribution in [0.15, 0.2) is 72.8 Å². The number of ether oxygens (including phenoxy) is 1. The molecule has 0 saturated heterocycles. The Morgan fingerprint density at radius 3 is 2.45 bits per heavy atom. The molecule has 0 unspecified atom stereocenters. The van der Waals surface area contributed by atoms with Gasteiger partial charge in [-0.05, 0) is 54.4 Å². The van der Waals surface area contributed by atoms with Crippen molar-refractivity contribution in [3.05, 3.63) is 95.1 Å². The van der Waals surface area contributed by atoms with E-state index < -0.39 is 5.97 Å². The van der Waals surface area contributed by atoms with E-state index in [0.29, 0.717) is 31.8 Å². The zero-order valence-electron chi connectivity index (χ0n) is 22.2. The number of amides is 1. The molecule has 3 atom stereocenters. The lowest BCUT2D eigenvalue weighted by molar-refractivity contribution is -0.0241. The number of nitrogens with zero attached hydrogens (tertiary/aromatic N) is 2. The summed E-state index contributed by atoms with van der Waals surface area (Å²) >= 11 is 0. The molecule has 0 aliphatic carbocycles. The van der Waals surface area contributed by atoms with Gasteiger partial charge in [0.05, 0.1) is 30.9 Å². The first-order valence-corrected chi connectivity index (χ1v) is 13.0. The van der Waals surface area contributed by atoms with Gasteiger partial charge in [0.1, 0.15) is 0 Å². The van der Waals surface area contributed by atoms with E-state index in [4.69, 9.17) is 4.74 Å². The quantitative estimate of drug-likeness (QED) is 0.479. The topological polar surface area (TPSA) is 90.3 Å². The van der Waals surface area contributed by atoms with Crippen LogP contribution in [0.5, 0.6) is 0 Å². The van der Waals surface area contributed by atoms with Crippen molar-refractivity contribution in [2.45, 2.75) is 39.1 Å². The average Bonchev–Trinajstić information content (AvgIpc) is 2.94. The average molecular weight is 517 g/mol. The molecule has 3 aromatic rings. The molecule has 0 aromatic heterocycles. The van der Waals surface area contributed by atoms with Crippen LogP contribution < -0.4 is 0 Å². The number of hydrogen-bond donors (Lipinski definition) is 2. The zero-order chi connectivity index (χ0) is 27.2. The van der Waals surface area contributed by atoms with Crippen molar-refractivity contribution in [3.63, 3.8) is 0 Å². The second-order valence-corrected chi connectivity index (χ2v) is 10.2. The predicted octanol–water partition coefficient (Wildman–Crippen LogP) is 4.54. The van der Waals surface area contributed by atoms with Gasteiger partial charge in [-0.15, -0.1) is 0 Å². The molecule has 200 valence electrons. The summed E-state index contributed by atoms with van der Waals surface area (Å²) in [5, 5.41) is 19.3. The Balaban J connectivity index is 1.65. The zero-order valence-corrected chi connectivity index (χ0v) is 22.2. The van der Waals surface area contributed by atoms with Gasteiger partial charge >= 0.3 is 5.97 Å². The van der Waals surface area contributed by atoms with E-state index >= 15 is 0 Å². The van der Waals surface area contributed by atoms with Gasteiger partial charge in [-0.2, -0.15) is 0 Å². The molecule has 0 bridgehead atoms.